The van der Waals surface area contributed by atoms with Crippen molar-refractivity contribution in [3.8, 4) is 0 Å². The molecule has 1 fully saturated rings. The Labute approximate surface area is 228 Å². The van der Waals surface area contributed by atoms with Crippen LogP contribution >= 0.6 is 0 Å². The topological polar surface area (TPSA) is 212 Å². The Balaban J connectivity index is 0.00000177. The summed E-state index contributed by atoms with van der Waals surface area (Å²) in [5, 5.41) is 17.4. The fraction of sp³-hybridized carbons (Fsp3) is 0.542. The Morgan fingerprint density at radius 1 is 1.18 bits per heavy atom. The SMILES string of the molecule is CC(=O)O.CCCCS(=O)(=O)N[C@@H](CNC(=O)CN1CCN(c2ccc(C(=N)N)cc2)CC1=O)C(=O)OCC. The number of carbonyl (C=O) groups is 4. The van der Waals surface area contributed by atoms with E-state index in [0.717, 1.165) is 12.6 Å². The maximum Gasteiger partial charge on any atom is 0.325 e. The molecule has 1 heterocycles. The predicted molar refractivity (Wildman–Crippen MR) is 145 cm³/mol. The smallest absolute Gasteiger partial charge is 0.325 e. The second-order valence-electron chi connectivity index (χ2n) is 8.62. The lowest BCUT2D eigenvalue weighted by atomic mass is 10.1. The first kappa shape index (κ1) is 33.3. The first-order valence-electron chi connectivity index (χ1n) is 12.4. The number of sulfonamides is 1. The second kappa shape index (κ2) is 16.3. The minimum Gasteiger partial charge on any atom is -0.481 e. The number of hydrogen-bond acceptors (Lipinski definition) is 9. The van der Waals surface area contributed by atoms with Gasteiger partial charge in [0.2, 0.25) is 21.8 Å². The molecule has 1 atom stereocenters. The molecule has 0 saturated carbocycles. The van der Waals surface area contributed by atoms with E-state index < -0.39 is 33.9 Å². The highest BCUT2D eigenvalue weighted by atomic mass is 32.2. The number of hydrogen-bond donors (Lipinski definition) is 5. The van der Waals surface area contributed by atoms with Gasteiger partial charge in [0.25, 0.3) is 5.97 Å². The third-order valence-electron chi connectivity index (χ3n) is 5.36. The molecule has 15 heteroatoms. The predicted octanol–water partition coefficient (Wildman–Crippen LogP) is -0.522. The van der Waals surface area contributed by atoms with Crippen molar-refractivity contribution in [2.75, 3.05) is 50.0 Å². The van der Waals surface area contributed by atoms with Gasteiger partial charge in [-0.1, -0.05) is 13.3 Å². The number of anilines is 1. The van der Waals surface area contributed by atoms with E-state index in [2.05, 4.69) is 10.0 Å². The zero-order valence-electron chi connectivity index (χ0n) is 22.4. The van der Waals surface area contributed by atoms with Crippen molar-refractivity contribution in [1.29, 1.82) is 5.41 Å². The van der Waals surface area contributed by atoms with Gasteiger partial charge in [0.05, 0.1) is 25.4 Å². The van der Waals surface area contributed by atoms with Crippen LogP contribution in [0.5, 0.6) is 0 Å². The van der Waals surface area contributed by atoms with Gasteiger partial charge < -0.3 is 30.7 Å². The molecule has 1 saturated heterocycles. The number of esters is 1. The number of unbranched alkanes of at least 4 members (excludes halogenated alkanes) is 1. The standard InChI is InChI=1S/C22H34N6O6S.C2H4O2/c1-3-5-12-35(32,33)26-18(22(31)34-4-2)13-25-19(29)14-28-11-10-27(15-20(28)30)17-8-6-16(7-9-17)21(23)24;1-2(3)4/h6-9,18,26H,3-5,10-15H2,1-2H3,(H3,23,24)(H,25,29);1H3,(H,3,4)/t18-;/m0./s1. The van der Waals surface area contributed by atoms with Crippen LogP contribution in [0.4, 0.5) is 5.69 Å². The van der Waals surface area contributed by atoms with Crippen LogP contribution in [0, 0.1) is 5.41 Å². The summed E-state index contributed by atoms with van der Waals surface area (Å²) >= 11 is 0. The van der Waals surface area contributed by atoms with Crippen molar-refractivity contribution in [2.24, 2.45) is 5.73 Å². The maximum absolute atomic E-state index is 12.6. The van der Waals surface area contributed by atoms with Crippen molar-refractivity contribution in [3.05, 3.63) is 29.8 Å². The van der Waals surface area contributed by atoms with E-state index >= 15 is 0 Å². The monoisotopic (exact) mass is 570 g/mol. The number of aliphatic carboxylic acids is 1. The number of nitrogen functional groups attached to an aromatic ring is 1. The van der Waals surface area contributed by atoms with Gasteiger partial charge in [-0.3, -0.25) is 24.6 Å². The van der Waals surface area contributed by atoms with E-state index in [9.17, 15) is 22.8 Å². The summed E-state index contributed by atoms with van der Waals surface area (Å²) in [7, 11) is -3.72. The zero-order valence-corrected chi connectivity index (χ0v) is 23.3. The molecule has 0 aromatic heterocycles. The van der Waals surface area contributed by atoms with Gasteiger partial charge in [-0.15, -0.1) is 0 Å². The Morgan fingerprint density at radius 2 is 1.79 bits per heavy atom. The van der Waals surface area contributed by atoms with E-state index in [1.807, 2.05) is 11.8 Å². The molecule has 0 spiro atoms. The number of piperazine rings is 1. The van der Waals surface area contributed by atoms with Gasteiger partial charge in [-0.2, -0.15) is 4.72 Å². The van der Waals surface area contributed by atoms with Crippen LogP contribution in [-0.4, -0.2) is 99.1 Å². The normalized spacial score (nSPS) is 14.1. The van der Waals surface area contributed by atoms with Gasteiger partial charge in [-0.25, -0.2) is 8.42 Å². The number of carboxylic acid groups (broad SMARTS) is 1. The lowest BCUT2D eigenvalue weighted by Crippen LogP contribution is -2.54. The van der Waals surface area contributed by atoms with Crippen LogP contribution in [0.2, 0.25) is 0 Å². The molecule has 218 valence electrons. The van der Waals surface area contributed by atoms with E-state index in [4.69, 9.17) is 25.8 Å². The molecular formula is C24H38N6O8S. The fourth-order valence-electron chi connectivity index (χ4n) is 3.42. The van der Waals surface area contributed by atoms with Gasteiger partial charge >= 0.3 is 5.97 Å². The quantitative estimate of drug-likeness (QED) is 0.116. The number of ether oxygens (including phenoxy) is 1. The molecule has 6 N–H and O–H groups in total. The molecule has 2 amide bonds. The lowest BCUT2D eigenvalue weighted by Gasteiger charge is -2.35. The summed E-state index contributed by atoms with van der Waals surface area (Å²) < 4.78 is 31.6. The molecule has 0 aliphatic carbocycles. The van der Waals surface area contributed by atoms with Crippen LogP contribution < -0.4 is 20.7 Å². The van der Waals surface area contributed by atoms with Gasteiger partial charge in [0, 0.05) is 37.8 Å². The lowest BCUT2D eigenvalue weighted by molar-refractivity contribution is -0.145. The third-order valence-corrected chi connectivity index (χ3v) is 6.83. The maximum atomic E-state index is 12.6. The first-order chi connectivity index (χ1) is 18.3. The Kier molecular flexibility index (Phi) is 13.9. The summed E-state index contributed by atoms with van der Waals surface area (Å²) in [6.07, 6.45) is 1.11. The summed E-state index contributed by atoms with van der Waals surface area (Å²) in [6.45, 7) is 4.98. The van der Waals surface area contributed by atoms with Crippen molar-refractivity contribution in [1.82, 2.24) is 14.9 Å². The number of amides is 2. The van der Waals surface area contributed by atoms with E-state index in [1.54, 1.807) is 31.2 Å². The average Bonchev–Trinajstić information content (AvgIpc) is 2.86. The zero-order chi connectivity index (χ0) is 29.6. The number of benzene rings is 1. The highest BCUT2D eigenvalue weighted by Gasteiger charge is 2.28. The van der Waals surface area contributed by atoms with E-state index in [-0.39, 0.29) is 43.7 Å². The number of carbonyl (C=O) groups excluding carboxylic acids is 3. The Morgan fingerprint density at radius 3 is 2.31 bits per heavy atom. The van der Waals surface area contributed by atoms with Crippen LogP contribution in [0.3, 0.4) is 0 Å². The summed E-state index contributed by atoms with van der Waals surface area (Å²) in [5.41, 5.74) is 6.86. The molecule has 39 heavy (non-hydrogen) atoms. The molecular weight excluding hydrogens is 532 g/mol. The fourth-order valence-corrected chi connectivity index (χ4v) is 4.82. The summed E-state index contributed by atoms with van der Waals surface area (Å²) in [6, 6.07) is 5.72. The van der Waals surface area contributed by atoms with Crippen molar-refractivity contribution in [2.45, 2.75) is 39.7 Å². The van der Waals surface area contributed by atoms with Crippen LogP contribution in [-0.2, 0) is 33.9 Å². The highest BCUT2D eigenvalue weighted by Crippen LogP contribution is 2.17. The van der Waals surface area contributed by atoms with Crippen molar-refractivity contribution < 1.29 is 37.4 Å². The Hall–Kier alpha value is -3.72. The van der Waals surface area contributed by atoms with Gasteiger partial charge in [0.1, 0.15) is 11.9 Å². The summed E-state index contributed by atoms with van der Waals surface area (Å²) in [4.78, 5) is 49.5. The summed E-state index contributed by atoms with van der Waals surface area (Å²) in [5.74, 6) is -2.55. The second-order valence-corrected chi connectivity index (χ2v) is 10.5. The van der Waals surface area contributed by atoms with E-state index in [1.165, 1.54) is 4.90 Å². The van der Waals surface area contributed by atoms with Gasteiger partial charge in [0.15, 0.2) is 0 Å². The molecule has 1 aliphatic rings. The Bertz CT molecular complexity index is 1110. The minimum atomic E-state index is -3.72. The van der Waals surface area contributed by atoms with E-state index in [0.29, 0.717) is 31.5 Å². The molecule has 1 aromatic carbocycles. The number of nitrogens with one attached hydrogen (secondary N) is 3. The average molecular weight is 571 g/mol. The minimum absolute atomic E-state index is 0.0394. The number of nitrogens with two attached hydrogens (primary N) is 1. The molecule has 2 rings (SSSR count). The molecule has 1 aliphatic heterocycles. The van der Waals surface area contributed by atoms with Crippen molar-refractivity contribution in [3.63, 3.8) is 0 Å². The molecule has 0 radical (unpaired) electrons. The molecule has 0 bridgehead atoms. The number of amidine groups is 1. The number of carboxylic acids is 1. The third kappa shape index (κ3) is 12.6. The van der Waals surface area contributed by atoms with Crippen LogP contribution in [0.25, 0.3) is 0 Å². The van der Waals surface area contributed by atoms with Gasteiger partial charge in [-0.05, 0) is 37.6 Å². The highest BCUT2D eigenvalue weighted by molar-refractivity contribution is 7.89. The molecule has 1 aromatic rings. The number of rotatable bonds is 13. The van der Waals surface area contributed by atoms with Crippen molar-refractivity contribution >= 4 is 45.3 Å². The molecule has 0 unspecified atom stereocenters. The largest absolute Gasteiger partial charge is 0.481 e. The number of nitrogens with zero attached hydrogens (tertiary/aromatic N) is 2. The van der Waals surface area contributed by atoms with Crippen LogP contribution in [0.15, 0.2) is 24.3 Å². The van der Waals surface area contributed by atoms with Crippen LogP contribution in [0.1, 0.15) is 39.2 Å². The first-order valence-corrected chi connectivity index (χ1v) is 14.0. The molecule has 14 nitrogen and oxygen atoms in total.